The highest BCUT2D eigenvalue weighted by Gasteiger charge is 2.30. The number of aromatic nitrogens is 2. The van der Waals surface area contributed by atoms with E-state index in [0.717, 1.165) is 12.3 Å². The minimum atomic E-state index is -4.36. The van der Waals surface area contributed by atoms with Gasteiger partial charge in [-0.3, -0.25) is 0 Å². The van der Waals surface area contributed by atoms with Crippen LogP contribution in [0, 0.1) is 0 Å². The van der Waals surface area contributed by atoms with Gasteiger partial charge in [0, 0.05) is 11.6 Å². The molecule has 2 aromatic heterocycles. The summed E-state index contributed by atoms with van der Waals surface area (Å²) in [7, 11) is 0. The fraction of sp³-hybridized carbons (Fsp3) is 0.111. The molecule has 2 heterocycles. The van der Waals surface area contributed by atoms with Crippen molar-refractivity contribution in [3.8, 4) is 0 Å². The Kier molecular flexibility index (Phi) is 3.60. The third-order valence-corrected chi connectivity index (χ3v) is 3.92. The van der Waals surface area contributed by atoms with Crippen molar-refractivity contribution in [2.45, 2.75) is 15.5 Å². The Morgan fingerprint density at radius 1 is 1.29 bits per heavy atom. The average Bonchev–Trinajstić information content (AvgIpc) is 2.63. The summed E-state index contributed by atoms with van der Waals surface area (Å²) < 4.78 is 37.5. The van der Waals surface area contributed by atoms with Crippen LogP contribution in [0.4, 0.5) is 13.2 Å². The lowest BCUT2D eigenvalue weighted by molar-refractivity contribution is -0.137. The van der Waals surface area contributed by atoms with Crippen LogP contribution in [0.5, 0.6) is 0 Å². The molecule has 0 atom stereocenters. The Balaban J connectivity index is 2.13. The molecule has 0 aromatic carbocycles. The van der Waals surface area contributed by atoms with Crippen LogP contribution in [-0.2, 0) is 6.18 Å². The zero-order chi connectivity index (χ0) is 12.5. The lowest BCUT2D eigenvalue weighted by atomic mass is 10.3. The quantitative estimate of drug-likeness (QED) is 0.823. The molecule has 0 spiro atoms. The van der Waals surface area contributed by atoms with Crippen molar-refractivity contribution in [2.24, 2.45) is 0 Å². The smallest absolute Gasteiger partial charge is 0.249 e. The van der Waals surface area contributed by atoms with Gasteiger partial charge in [-0.1, -0.05) is 11.6 Å². The van der Waals surface area contributed by atoms with E-state index in [-0.39, 0.29) is 0 Å². The molecule has 90 valence electrons. The molecule has 0 radical (unpaired) electrons. The van der Waals surface area contributed by atoms with E-state index in [1.165, 1.54) is 29.2 Å². The van der Waals surface area contributed by atoms with Crippen molar-refractivity contribution >= 4 is 34.7 Å². The maximum Gasteiger partial charge on any atom is 0.417 e. The monoisotopic (exact) mass is 296 g/mol. The summed E-state index contributed by atoms with van der Waals surface area (Å²) in [5.74, 6) is 0. The fourth-order valence-electron chi connectivity index (χ4n) is 0.984. The third-order valence-electron chi connectivity index (χ3n) is 1.71. The lowest BCUT2D eigenvalue weighted by Gasteiger charge is -2.05. The van der Waals surface area contributed by atoms with Crippen LogP contribution < -0.4 is 0 Å². The molecule has 0 fully saturated rings. The minimum absolute atomic E-state index is 0.365. The predicted octanol–water partition coefficient (Wildman–Crippen LogP) is 4.36. The Labute approximate surface area is 108 Å². The molecule has 2 nitrogen and oxygen atoms in total. The summed E-state index contributed by atoms with van der Waals surface area (Å²) in [5, 5.41) is 2.46. The van der Waals surface area contributed by atoms with E-state index >= 15 is 0 Å². The summed E-state index contributed by atoms with van der Waals surface area (Å²) in [6.07, 6.45) is -3.56. The first-order valence-electron chi connectivity index (χ1n) is 4.27. The maximum atomic E-state index is 12.3. The topological polar surface area (TPSA) is 25.8 Å². The molecule has 2 rings (SSSR count). The zero-order valence-electron chi connectivity index (χ0n) is 8.03. The molecular formula is C9H4ClF3N2S2. The molecule has 17 heavy (non-hydrogen) atoms. The molecule has 0 aliphatic carbocycles. The standard InChI is InChI=1S/C9H4ClF3N2S2/c10-6-4-16-8(15-6)17-7-2-1-5(3-14-7)9(11,12)13/h1-4H. The second kappa shape index (κ2) is 4.83. The van der Waals surface area contributed by atoms with Crippen LogP contribution in [-0.4, -0.2) is 9.97 Å². The zero-order valence-corrected chi connectivity index (χ0v) is 10.4. The van der Waals surface area contributed by atoms with Crippen LogP contribution in [0.2, 0.25) is 5.15 Å². The van der Waals surface area contributed by atoms with E-state index in [9.17, 15) is 13.2 Å². The molecule has 0 N–H and O–H groups in total. The Bertz CT molecular complexity index is 510. The van der Waals surface area contributed by atoms with Crippen molar-refractivity contribution in [2.75, 3.05) is 0 Å². The predicted molar refractivity (Wildman–Crippen MR) is 60.5 cm³/mol. The largest absolute Gasteiger partial charge is 0.417 e. The number of alkyl halides is 3. The number of rotatable bonds is 2. The van der Waals surface area contributed by atoms with Gasteiger partial charge >= 0.3 is 6.18 Å². The summed E-state index contributed by atoms with van der Waals surface area (Å²) in [6, 6.07) is 2.30. The second-order valence-electron chi connectivity index (χ2n) is 2.92. The fourth-order valence-corrected chi connectivity index (χ4v) is 2.86. The highest BCUT2D eigenvalue weighted by atomic mass is 35.5. The number of hydrogen-bond donors (Lipinski definition) is 0. The maximum absolute atomic E-state index is 12.3. The number of halogens is 4. The van der Waals surface area contributed by atoms with Crippen molar-refractivity contribution < 1.29 is 13.2 Å². The van der Waals surface area contributed by atoms with Gasteiger partial charge in [-0.15, -0.1) is 11.3 Å². The SMILES string of the molecule is FC(F)(F)c1ccc(Sc2nc(Cl)cs2)nc1. The summed E-state index contributed by atoms with van der Waals surface area (Å²) in [6.45, 7) is 0. The molecule has 0 aliphatic heterocycles. The first-order valence-corrected chi connectivity index (χ1v) is 6.35. The highest BCUT2D eigenvalue weighted by Crippen LogP contribution is 2.33. The number of nitrogens with zero attached hydrogens (tertiary/aromatic N) is 2. The Hall–Kier alpha value is -0.790. The second-order valence-corrected chi connectivity index (χ2v) is 5.43. The van der Waals surface area contributed by atoms with E-state index in [2.05, 4.69) is 9.97 Å². The lowest BCUT2D eigenvalue weighted by Crippen LogP contribution is -2.04. The van der Waals surface area contributed by atoms with Gasteiger partial charge in [-0.2, -0.15) is 13.2 Å². The number of pyridine rings is 1. The van der Waals surface area contributed by atoms with E-state index in [0.29, 0.717) is 14.5 Å². The summed E-state index contributed by atoms with van der Waals surface area (Å²) >= 11 is 8.11. The highest BCUT2D eigenvalue weighted by molar-refractivity contribution is 8.01. The number of hydrogen-bond acceptors (Lipinski definition) is 4. The molecule has 0 saturated heterocycles. The normalized spacial score (nSPS) is 11.8. The molecule has 0 aliphatic rings. The van der Waals surface area contributed by atoms with E-state index in [1.807, 2.05) is 0 Å². The Morgan fingerprint density at radius 3 is 2.53 bits per heavy atom. The van der Waals surface area contributed by atoms with Gasteiger partial charge in [0.2, 0.25) is 0 Å². The van der Waals surface area contributed by atoms with Gasteiger partial charge in [0.05, 0.1) is 5.56 Å². The first kappa shape index (κ1) is 12.7. The Morgan fingerprint density at radius 2 is 2.06 bits per heavy atom. The van der Waals surface area contributed by atoms with Gasteiger partial charge in [-0.25, -0.2) is 9.97 Å². The van der Waals surface area contributed by atoms with Crippen molar-refractivity contribution in [1.82, 2.24) is 9.97 Å². The van der Waals surface area contributed by atoms with Crippen LogP contribution in [0.15, 0.2) is 33.1 Å². The van der Waals surface area contributed by atoms with Crippen LogP contribution in [0.25, 0.3) is 0 Å². The van der Waals surface area contributed by atoms with Crippen LogP contribution in [0.1, 0.15) is 5.56 Å². The van der Waals surface area contributed by atoms with E-state index in [4.69, 9.17) is 11.6 Å². The van der Waals surface area contributed by atoms with Gasteiger partial charge in [0.25, 0.3) is 0 Å². The van der Waals surface area contributed by atoms with Gasteiger partial charge in [0.15, 0.2) is 4.34 Å². The van der Waals surface area contributed by atoms with Crippen LogP contribution in [0.3, 0.4) is 0 Å². The summed E-state index contributed by atoms with van der Waals surface area (Å²) in [5.41, 5.74) is -0.765. The third kappa shape index (κ3) is 3.34. The van der Waals surface area contributed by atoms with Gasteiger partial charge in [0.1, 0.15) is 10.2 Å². The molecule has 8 heteroatoms. The van der Waals surface area contributed by atoms with Crippen molar-refractivity contribution in [3.05, 3.63) is 34.4 Å². The molecule has 0 amide bonds. The summed E-state index contributed by atoms with van der Waals surface area (Å²) in [4.78, 5) is 7.68. The minimum Gasteiger partial charge on any atom is -0.249 e. The van der Waals surface area contributed by atoms with Gasteiger partial charge < -0.3 is 0 Å². The molecule has 0 bridgehead atoms. The van der Waals surface area contributed by atoms with Crippen molar-refractivity contribution in [3.63, 3.8) is 0 Å². The molecule has 2 aromatic rings. The molecular weight excluding hydrogens is 293 g/mol. The van der Waals surface area contributed by atoms with Gasteiger partial charge in [-0.05, 0) is 23.9 Å². The van der Waals surface area contributed by atoms with Crippen molar-refractivity contribution in [1.29, 1.82) is 0 Å². The molecule has 0 unspecified atom stereocenters. The molecule has 0 saturated carbocycles. The van der Waals surface area contributed by atoms with E-state index in [1.54, 1.807) is 5.38 Å². The number of thiazole rings is 1. The van der Waals surface area contributed by atoms with E-state index < -0.39 is 11.7 Å². The van der Waals surface area contributed by atoms with Crippen LogP contribution >= 0.6 is 34.7 Å². The average molecular weight is 297 g/mol. The first-order chi connectivity index (χ1) is 7.95.